The largest absolute Gasteiger partial charge is 0.0952 e. The number of hydrogen-bond donors (Lipinski definition) is 0. The van der Waals surface area contributed by atoms with Gasteiger partial charge in [-0.3, -0.25) is 0 Å². The van der Waals surface area contributed by atoms with E-state index < -0.39 is 0 Å². The van der Waals surface area contributed by atoms with Crippen molar-refractivity contribution >= 4 is 11.1 Å². The molecule has 0 N–H and O–H groups in total. The highest BCUT2D eigenvalue weighted by Crippen LogP contribution is 2.39. The van der Waals surface area contributed by atoms with Crippen LogP contribution in [0.2, 0.25) is 0 Å². The maximum Gasteiger partial charge on any atom is 0.0237 e. The van der Waals surface area contributed by atoms with Gasteiger partial charge in [-0.15, -0.1) is 0 Å². The van der Waals surface area contributed by atoms with Crippen molar-refractivity contribution in [1.82, 2.24) is 0 Å². The number of rotatable bonds is 7. The van der Waals surface area contributed by atoms with E-state index in [-0.39, 0.29) is 5.41 Å². The number of benzene rings is 2. The van der Waals surface area contributed by atoms with Crippen LogP contribution in [0.25, 0.3) is 11.1 Å². The molecule has 3 rings (SSSR count). The van der Waals surface area contributed by atoms with Gasteiger partial charge < -0.3 is 0 Å². The first-order valence-corrected chi connectivity index (χ1v) is 11.6. The summed E-state index contributed by atoms with van der Waals surface area (Å²) in [6.45, 7) is 22.2. The molecule has 1 aliphatic rings. The first kappa shape index (κ1) is 23.1. The Labute approximate surface area is 190 Å². The molecule has 0 nitrogen and oxygen atoms in total. The fourth-order valence-electron chi connectivity index (χ4n) is 4.42. The van der Waals surface area contributed by atoms with Gasteiger partial charge in [0.25, 0.3) is 0 Å². The predicted molar refractivity (Wildman–Crippen MR) is 138 cm³/mol. The maximum absolute atomic E-state index is 4.48. The Kier molecular flexibility index (Phi) is 6.90. The Morgan fingerprint density at radius 1 is 0.968 bits per heavy atom. The SMILES string of the molecule is C=C(CC)c1ccc(C2C=CC=C2[C@H](C)CC(=C)c2cc(C)cc(C(C)(C)C)c2)cc1. The van der Waals surface area contributed by atoms with Crippen molar-refractivity contribution in [2.75, 3.05) is 0 Å². The molecule has 0 spiro atoms. The molecule has 0 saturated carbocycles. The standard InChI is InChI=1S/C31H38/c1-9-22(3)25-13-15-26(16-14-25)30-12-10-11-29(30)24(5)19-23(4)27-17-21(2)18-28(20-27)31(6,7)8/h10-18,20,24,30H,3-4,9,19H2,1-2,5-8H3/t24-,30?/m1/s1. The van der Waals surface area contributed by atoms with Gasteiger partial charge in [0.2, 0.25) is 0 Å². The van der Waals surface area contributed by atoms with Crippen molar-refractivity contribution < 1.29 is 0 Å². The average Bonchev–Trinajstić information content (AvgIpc) is 3.22. The van der Waals surface area contributed by atoms with Crippen LogP contribution in [-0.4, -0.2) is 0 Å². The highest BCUT2D eigenvalue weighted by Gasteiger charge is 2.23. The lowest BCUT2D eigenvalue weighted by atomic mass is 9.81. The third-order valence-corrected chi connectivity index (χ3v) is 6.53. The zero-order valence-electron chi connectivity index (χ0n) is 20.3. The lowest BCUT2D eigenvalue weighted by Gasteiger charge is -2.24. The summed E-state index contributed by atoms with van der Waals surface area (Å²) in [6, 6.07) is 15.9. The first-order chi connectivity index (χ1) is 14.6. The molecule has 0 heteroatoms. The molecule has 2 aromatic rings. The quantitative estimate of drug-likeness (QED) is 0.427. The summed E-state index contributed by atoms with van der Waals surface area (Å²) in [7, 11) is 0. The summed E-state index contributed by atoms with van der Waals surface area (Å²) >= 11 is 0. The monoisotopic (exact) mass is 410 g/mol. The molecule has 0 heterocycles. The smallest absolute Gasteiger partial charge is 0.0237 e. The molecule has 0 fully saturated rings. The second kappa shape index (κ2) is 9.27. The molecule has 0 amide bonds. The van der Waals surface area contributed by atoms with Crippen molar-refractivity contribution in [3.63, 3.8) is 0 Å². The summed E-state index contributed by atoms with van der Waals surface area (Å²) < 4.78 is 0. The highest BCUT2D eigenvalue weighted by atomic mass is 14.3. The van der Waals surface area contributed by atoms with E-state index in [4.69, 9.17) is 0 Å². The molecule has 162 valence electrons. The third-order valence-electron chi connectivity index (χ3n) is 6.53. The van der Waals surface area contributed by atoms with E-state index in [9.17, 15) is 0 Å². The van der Waals surface area contributed by atoms with Gasteiger partial charge in [-0.1, -0.05) is 120 Å². The van der Waals surface area contributed by atoms with Crippen molar-refractivity contribution in [1.29, 1.82) is 0 Å². The highest BCUT2D eigenvalue weighted by molar-refractivity contribution is 5.66. The lowest BCUT2D eigenvalue weighted by molar-refractivity contribution is 0.589. The molecule has 1 aliphatic carbocycles. The van der Waals surface area contributed by atoms with Gasteiger partial charge in [0, 0.05) is 5.92 Å². The number of aryl methyl sites for hydroxylation is 1. The van der Waals surface area contributed by atoms with Gasteiger partial charge >= 0.3 is 0 Å². The summed E-state index contributed by atoms with van der Waals surface area (Å²) in [6.07, 6.45) is 8.80. The molecule has 0 bridgehead atoms. The zero-order chi connectivity index (χ0) is 22.8. The van der Waals surface area contributed by atoms with E-state index in [1.807, 2.05) is 0 Å². The van der Waals surface area contributed by atoms with Crippen molar-refractivity contribution in [3.8, 4) is 0 Å². The molecule has 1 unspecified atom stereocenters. The van der Waals surface area contributed by atoms with E-state index in [1.165, 1.54) is 44.5 Å². The molecule has 0 aliphatic heterocycles. The minimum atomic E-state index is 0.144. The Hall–Kier alpha value is -2.60. The predicted octanol–water partition coefficient (Wildman–Crippen LogP) is 9.04. The van der Waals surface area contributed by atoms with E-state index in [0.29, 0.717) is 11.8 Å². The Morgan fingerprint density at radius 2 is 1.65 bits per heavy atom. The van der Waals surface area contributed by atoms with Crippen LogP contribution in [0.3, 0.4) is 0 Å². The van der Waals surface area contributed by atoms with Crippen LogP contribution in [0.4, 0.5) is 0 Å². The fraction of sp³-hybridized carbons (Fsp3) is 0.355. The molecular formula is C31H38. The Morgan fingerprint density at radius 3 is 2.26 bits per heavy atom. The van der Waals surface area contributed by atoms with Crippen LogP contribution in [0.15, 0.2) is 79.4 Å². The van der Waals surface area contributed by atoms with Gasteiger partial charge in [0.1, 0.15) is 0 Å². The minimum absolute atomic E-state index is 0.144. The topological polar surface area (TPSA) is 0 Å². The zero-order valence-corrected chi connectivity index (χ0v) is 20.3. The Balaban J connectivity index is 1.76. The number of allylic oxidation sites excluding steroid dienone is 6. The molecule has 0 aromatic heterocycles. The average molecular weight is 411 g/mol. The molecule has 0 saturated heterocycles. The van der Waals surface area contributed by atoms with E-state index in [0.717, 1.165) is 12.8 Å². The lowest BCUT2D eigenvalue weighted by Crippen LogP contribution is -2.12. The summed E-state index contributed by atoms with van der Waals surface area (Å²) in [5.41, 5.74) is 10.6. The van der Waals surface area contributed by atoms with Crippen LogP contribution in [0.5, 0.6) is 0 Å². The molecule has 2 atom stereocenters. The third kappa shape index (κ3) is 5.37. The first-order valence-electron chi connectivity index (χ1n) is 11.6. The molecule has 31 heavy (non-hydrogen) atoms. The van der Waals surface area contributed by atoms with Crippen LogP contribution in [-0.2, 0) is 5.41 Å². The molecule has 2 aromatic carbocycles. The molecule has 0 radical (unpaired) electrons. The van der Waals surface area contributed by atoms with Gasteiger partial charge in [-0.2, -0.15) is 0 Å². The van der Waals surface area contributed by atoms with Crippen LogP contribution in [0.1, 0.15) is 81.2 Å². The van der Waals surface area contributed by atoms with Crippen molar-refractivity contribution in [3.05, 3.63) is 107 Å². The summed E-state index contributed by atoms with van der Waals surface area (Å²) in [5.74, 6) is 0.797. The van der Waals surface area contributed by atoms with Crippen LogP contribution in [0, 0.1) is 12.8 Å². The van der Waals surface area contributed by atoms with E-state index >= 15 is 0 Å². The van der Waals surface area contributed by atoms with Crippen molar-refractivity contribution in [2.45, 2.75) is 65.7 Å². The minimum Gasteiger partial charge on any atom is -0.0952 e. The second-order valence-corrected chi connectivity index (χ2v) is 10.2. The van der Waals surface area contributed by atoms with Gasteiger partial charge in [0.15, 0.2) is 0 Å². The van der Waals surface area contributed by atoms with Gasteiger partial charge in [-0.25, -0.2) is 0 Å². The number of hydrogen-bond acceptors (Lipinski definition) is 0. The van der Waals surface area contributed by atoms with Crippen LogP contribution >= 0.6 is 0 Å². The van der Waals surface area contributed by atoms with Gasteiger partial charge in [0.05, 0.1) is 0 Å². The summed E-state index contributed by atoms with van der Waals surface area (Å²) in [4.78, 5) is 0. The fourth-order valence-corrected chi connectivity index (χ4v) is 4.42. The van der Waals surface area contributed by atoms with Crippen molar-refractivity contribution in [2.24, 2.45) is 5.92 Å². The van der Waals surface area contributed by atoms with Gasteiger partial charge in [-0.05, 0) is 64.5 Å². The normalized spacial score (nSPS) is 16.8. The van der Waals surface area contributed by atoms with E-state index in [2.05, 4.69) is 115 Å². The Bertz CT molecular complexity index is 1020. The maximum atomic E-state index is 4.48. The van der Waals surface area contributed by atoms with Crippen LogP contribution < -0.4 is 0 Å². The summed E-state index contributed by atoms with van der Waals surface area (Å²) in [5, 5.41) is 0. The molecular weight excluding hydrogens is 372 g/mol. The second-order valence-electron chi connectivity index (χ2n) is 10.2. The van der Waals surface area contributed by atoms with E-state index in [1.54, 1.807) is 0 Å².